The van der Waals surface area contributed by atoms with Crippen molar-refractivity contribution < 1.29 is 9.53 Å². The zero-order valence-corrected chi connectivity index (χ0v) is 8.25. The molecule has 0 radical (unpaired) electrons. The fraction of sp³-hybridized carbons (Fsp3) is 0.727. The maximum absolute atomic E-state index is 12.0. The summed E-state index contributed by atoms with van der Waals surface area (Å²) in [5, 5.41) is 0. The van der Waals surface area contributed by atoms with Crippen LogP contribution in [0.5, 0.6) is 0 Å². The van der Waals surface area contributed by atoms with E-state index >= 15 is 0 Å². The molecule has 0 saturated heterocycles. The summed E-state index contributed by atoms with van der Waals surface area (Å²) in [7, 11) is 1.64. The number of ketones is 1. The Hall–Kier alpha value is -0.630. The smallest absolute Gasteiger partial charge is 0.171 e. The average Bonchev–Trinajstić information content (AvgIpc) is 2.35. The summed E-state index contributed by atoms with van der Waals surface area (Å²) in [5.74, 6) is 1.03. The quantitative estimate of drug-likeness (QED) is 0.576. The van der Waals surface area contributed by atoms with E-state index in [-0.39, 0.29) is 11.7 Å². The van der Waals surface area contributed by atoms with Crippen LogP contribution in [0.3, 0.4) is 0 Å². The van der Waals surface area contributed by atoms with E-state index in [1.165, 1.54) is 0 Å². The van der Waals surface area contributed by atoms with Crippen LogP contribution in [0.15, 0.2) is 12.2 Å². The minimum absolute atomic E-state index is 0.155. The van der Waals surface area contributed by atoms with E-state index in [1.807, 2.05) is 13.0 Å². The molecule has 0 N–H and O–H groups in total. The van der Waals surface area contributed by atoms with Gasteiger partial charge in [0, 0.05) is 13.0 Å². The molecule has 2 nitrogen and oxygen atoms in total. The third-order valence-electron chi connectivity index (χ3n) is 3.41. The van der Waals surface area contributed by atoms with Crippen molar-refractivity contribution in [3.63, 3.8) is 0 Å². The molecule has 0 aliphatic heterocycles. The van der Waals surface area contributed by atoms with Gasteiger partial charge in [-0.05, 0) is 31.3 Å². The molecule has 2 heteroatoms. The summed E-state index contributed by atoms with van der Waals surface area (Å²) in [6.07, 6.45) is 7.11. The average molecular weight is 180 g/mol. The zero-order valence-electron chi connectivity index (χ0n) is 8.25. The second kappa shape index (κ2) is 2.95. The van der Waals surface area contributed by atoms with Crippen LogP contribution < -0.4 is 0 Å². The summed E-state index contributed by atoms with van der Waals surface area (Å²) in [5.41, 5.74) is -0.577. The number of hydrogen-bond donors (Lipinski definition) is 0. The summed E-state index contributed by atoms with van der Waals surface area (Å²) in [6, 6.07) is 0. The SMILES string of the molecule is CO[C@@]12C=C[C@H](CC1)C[C@@H](C)C2=O. The van der Waals surface area contributed by atoms with E-state index in [4.69, 9.17) is 4.74 Å². The second-order valence-corrected chi connectivity index (χ2v) is 4.25. The highest BCUT2D eigenvalue weighted by molar-refractivity contribution is 5.92. The van der Waals surface area contributed by atoms with Gasteiger partial charge in [-0.3, -0.25) is 4.79 Å². The maximum Gasteiger partial charge on any atom is 0.171 e. The van der Waals surface area contributed by atoms with Crippen molar-refractivity contribution in [3.8, 4) is 0 Å². The van der Waals surface area contributed by atoms with Crippen LogP contribution in [0.25, 0.3) is 0 Å². The van der Waals surface area contributed by atoms with Crippen molar-refractivity contribution in [2.75, 3.05) is 7.11 Å². The molecule has 0 unspecified atom stereocenters. The van der Waals surface area contributed by atoms with E-state index in [9.17, 15) is 4.79 Å². The lowest BCUT2D eigenvalue weighted by molar-refractivity contribution is -0.139. The van der Waals surface area contributed by atoms with Crippen LogP contribution >= 0.6 is 0 Å². The summed E-state index contributed by atoms with van der Waals surface area (Å²) in [6.45, 7) is 2.02. The molecular formula is C11H16O2. The standard InChI is InChI=1S/C11H16O2/c1-8-7-9-3-5-11(13-2,6-4-9)10(8)12/h3,5,8-9H,4,6-7H2,1-2H3/t8-,9-,11+/m1/s1. The van der Waals surface area contributed by atoms with Gasteiger partial charge in [-0.1, -0.05) is 13.0 Å². The summed E-state index contributed by atoms with van der Waals surface area (Å²) < 4.78 is 5.39. The van der Waals surface area contributed by atoms with Crippen LogP contribution in [0, 0.1) is 11.8 Å². The Morgan fingerprint density at radius 3 is 2.92 bits per heavy atom. The van der Waals surface area contributed by atoms with Gasteiger partial charge >= 0.3 is 0 Å². The van der Waals surface area contributed by atoms with Crippen molar-refractivity contribution in [2.45, 2.75) is 31.8 Å². The van der Waals surface area contributed by atoms with Crippen LogP contribution in [0.4, 0.5) is 0 Å². The molecule has 0 aromatic heterocycles. The molecule has 0 amide bonds. The Morgan fingerprint density at radius 1 is 1.62 bits per heavy atom. The highest BCUT2D eigenvalue weighted by Crippen LogP contribution is 2.39. The van der Waals surface area contributed by atoms with Crippen molar-refractivity contribution in [1.82, 2.24) is 0 Å². The number of carbonyl (C=O) groups excluding carboxylic acids is 1. The predicted octanol–water partition coefficient (Wildman–Crippen LogP) is 1.95. The number of Topliss-reactive ketones (excluding diaryl/α,β-unsaturated/α-hetero) is 1. The molecule has 2 bridgehead atoms. The monoisotopic (exact) mass is 180 g/mol. The first-order chi connectivity index (χ1) is 6.18. The predicted molar refractivity (Wildman–Crippen MR) is 50.4 cm³/mol. The third-order valence-corrected chi connectivity index (χ3v) is 3.41. The molecule has 3 rings (SSSR count). The van der Waals surface area contributed by atoms with Crippen molar-refractivity contribution in [2.24, 2.45) is 11.8 Å². The number of hydrogen-bond acceptors (Lipinski definition) is 2. The molecule has 1 saturated carbocycles. The minimum atomic E-state index is -0.577. The van der Waals surface area contributed by atoms with Crippen LogP contribution in [0.2, 0.25) is 0 Å². The minimum Gasteiger partial charge on any atom is -0.366 e. The highest BCUT2D eigenvalue weighted by Gasteiger charge is 2.44. The Morgan fingerprint density at radius 2 is 2.38 bits per heavy atom. The Kier molecular flexibility index (Phi) is 2.03. The molecule has 3 aliphatic carbocycles. The molecule has 13 heavy (non-hydrogen) atoms. The van der Waals surface area contributed by atoms with Gasteiger partial charge in [0.2, 0.25) is 0 Å². The third kappa shape index (κ3) is 1.24. The van der Waals surface area contributed by atoms with E-state index in [2.05, 4.69) is 6.08 Å². The van der Waals surface area contributed by atoms with Crippen LogP contribution in [-0.4, -0.2) is 18.5 Å². The Balaban J connectivity index is 2.38. The van der Waals surface area contributed by atoms with Gasteiger partial charge in [-0.2, -0.15) is 0 Å². The molecule has 0 aromatic carbocycles. The molecule has 3 aliphatic rings. The van der Waals surface area contributed by atoms with Gasteiger partial charge in [0.05, 0.1) is 0 Å². The Labute approximate surface area is 79.0 Å². The number of ether oxygens (including phenoxy) is 1. The first-order valence-electron chi connectivity index (χ1n) is 4.97. The Bertz CT molecular complexity index is 257. The second-order valence-electron chi connectivity index (χ2n) is 4.25. The normalized spacial score (nSPS) is 43.7. The largest absolute Gasteiger partial charge is 0.366 e. The molecule has 0 spiro atoms. The number of allylic oxidation sites excluding steroid dienone is 1. The zero-order chi connectivity index (χ0) is 9.47. The van der Waals surface area contributed by atoms with E-state index < -0.39 is 5.60 Å². The fourth-order valence-electron chi connectivity index (χ4n) is 2.52. The first kappa shape index (κ1) is 8.95. The van der Waals surface area contributed by atoms with Gasteiger partial charge in [0.15, 0.2) is 5.78 Å². The summed E-state index contributed by atoms with van der Waals surface area (Å²) in [4.78, 5) is 12.0. The molecule has 3 atom stereocenters. The van der Waals surface area contributed by atoms with E-state index in [0.717, 1.165) is 19.3 Å². The molecule has 72 valence electrons. The number of rotatable bonds is 1. The van der Waals surface area contributed by atoms with Gasteiger partial charge < -0.3 is 4.74 Å². The maximum atomic E-state index is 12.0. The highest BCUT2D eigenvalue weighted by atomic mass is 16.5. The fourth-order valence-corrected chi connectivity index (χ4v) is 2.52. The van der Waals surface area contributed by atoms with E-state index in [0.29, 0.717) is 5.92 Å². The van der Waals surface area contributed by atoms with Crippen LogP contribution in [0.1, 0.15) is 26.2 Å². The van der Waals surface area contributed by atoms with Crippen LogP contribution in [-0.2, 0) is 9.53 Å². The number of carbonyl (C=O) groups is 1. The summed E-state index contributed by atoms with van der Waals surface area (Å²) >= 11 is 0. The van der Waals surface area contributed by atoms with E-state index in [1.54, 1.807) is 7.11 Å². The molecule has 0 heterocycles. The first-order valence-corrected chi connectivity index (χ1v) is 4.97. The van der Waals surface area contributed by atoms with Crippen molar-refractivity contribution >= 4 is 5.78 Å². The molecular weight excluding hydrogens is 164 g/mol. The number of methoxy groups -OCH3 is 1. The van der Waals surface area contributed by atoms with Gasteiger partial charge in [0.25, 0.3) is 0 Å². The van der Waals surface area contributed by atoms with Gasteiger partial charge in [-0.25, -0.2) is 0 Å². The van der Waals surface area contributed by atoms with Crippen molar-refractivity contribution in [1.29, 1.82) is 0 Å². The van der Waals surface area contributed by atoms with Gasteiger partial charge in [-0.15, -0.1) is 0 Å². The number of fused-ring (bicyclic) bond motifs is 3. The lowest BCUT2D eigenvalue weighted by Crippen LogP contribution is -2.41. The van der Waals surface area contributed by atoms with Crippen molar-refractivity contribution in [3.05, 3.63) is 12.2 Å². The topological polar surface area (TPSA) is 26.3 Å². The molecule has 1 fully saturated rings. The molecule has 0 aromatic rings. The lowest BCUT2D eigenvalue weighted by atomic mass is 9.86. The van der Waals surface area contributed by atoms with Gasteiger partial charge in [0.1, 0.15) is 5.60 Å². The lowest BCUT2D eigenvalue weighted by Gasteiger charge is -2.29.